The molecule has 2 aromatic heterocycles. The molecule has 0 aliphatic carbocycles. The van der Waals surface area contributed by atoms with Gasteiger partial charge in [0.05, 0.1) is 17.2 Å². The predicted molar refractivity (Wildman–Crippen MR) is 99.6 cm³/mol. The summed E-state index contributed by atoms with van der Waals surface area (Å²) in [6.07, 6.45) is 2.84. The predicted octanol–water partition coefficient (Wildman–Crippen LogP) is 3.33. The largest absolute Gasteiger partial charge is 0.357 e. The summed E-state index contributed by atoms with van der Waals surface area (Å²) in [5.41, 5.74) is 1.15. The molecule has 7 heteroatoms. The van der Waals surface area contributed by atoms with Crippen molar-refractivity contribution >= 4 is 28.6 Å². The second-order valence-corrected chi connectivity index (χ2v) is 7.82. The molecule has 0 spiro atoms. The number of aliphatic imine (C=N–C) groups is 1. The minimum absolute atomic E-state index is 0.470. The Morgan fingerprint density at radius 3 is 2.74 bits per heavy atom. The molecule has 0 saturated carbocycles. The second kappa shape index (κ2) is 8.98. The molecule has 23 heavy (non-hydrogen) atoms. The van der Waals surface area contributed by atoms with E-state index in [1.54, 1.807) is 22.7 Å². The Bertz CT molecular complexity index is 630. The molecule has 0 aliphatic heterocycles. The Morgan fingerprint density at radius 2 is 2.13 bits per heavy atom. The molecule has 0 amide bonds. The molecular formula is C16H25N5S2. The average molecular weight is 352 g/mol. The summed E-state index contributed by atoms with van der Waals surface area (Å²) in [7, 11) is 0. The molecule has 0 radical (unpaired) electrons. The number of aryl methyl sites for hydroxylation is 1. The van der Waals surface area contributed by atoms with Crippen molar-refractivity contribution in [2.24, 2.45) is 4.99 Å². The minimum Gasteiger partial charge on any atom is -0.357 e. The van der Waals surface area contributed by atoms with Crippen LogP contribution in [0, 0.1) is 6.92 Å². The third-order valence-corrected chi connectivity index (χ3v) is 5.00. The maximum absolute atomic E-state index is 4.62. The van der Waals surface area contributed by atoms with Crippen molar-refractivity contribution in [1.82, 2.24) is 20.6 Å². The van der Waals surface area contributed by atoms with Gasteiger partial charge >= 0.3 is 0 Å². The molecule has 0 aromatic carbocycles. The van der Waals surface area contributed by atoms with Crippen LogP contribution in [0.3, 0.4) is 0 Å². The minimum atomic E-state index is 0.470. The molecule has 0 bridgehead atoms. The maximum atomic E-state index is 4.62. The maximum Gasteiger partial charge on any atom is 0.191 e. The molecule has 0 atom stereocenters. The summed E-state index contributed by atoms with van der Waals surface area (Å²) in [6.45, 7) is 10.8. The lowest BCUT2D eigenvalue weighted by molar-refractivity contribution is 0.791. The van der Waals surface area contributed by atoms with E-state index in [4.69, 9.17) is 0 Å². The summed E-state index contributed by atoms with van der Waals surface area (Å²) in [4.78, 5) is 14.9. The third kappa shape index (κ3) is 5.91. The van der Waals surface area contributed by atoms with Crippen LogP contribution < -0.4 is 10.6 Å². The molecule has 2 rings (SSSR count). The lowest BCUT2D eigenvalue weighted by atomic mass is 10.2. The molecular weight excluding hydrogens is 326 g/mol. The lowest BCUT2D eigenvalue weighted by Crippen LogP contribution is -2.38. The van der Waals surface area contributed by atoms with Gasteiger partial charge in [0.25, 0.3) is 0 Å². The number of nitrogens with one attached hydrogen (secondary N) is 2. The zero-order chi connectivity index (χ0) is 16.7. The van der Waals surface area contributed by atoms with E-state index in [0.717, 1.165) is 41.2 Å². The SMILES string of the molecule is CCNC(=NCc1nc(C(C)C)cs1)NCCc1ncc(C)s1. The first-order valence-corrected chi connectivity index (χ1v) is 9.66. The van der Waals surface area contributed by atoms with E-state index in [-0.39, 0.29) is 0 Å². The van der Waals surface area contributed by atoms with E-state index in [1.807, 2.05) is 6.20 Å². The van der Waals surface area contributed by atoms with Gasteiger partial charge in [-0.25, -0.2) is 15.0 Å². The number of guanidine groups is 1. The molecule has 2 N–H and O–H groups in total. The van der Waals surface area contributed by atoms with Gasteiger partial charge in [0, 0.05) is 36.0 Å². The van der Waals surface area contributed by atoms with E-state index in [0.29, 0.717) is 12.5 Å². The molecule has 2 heterocycles. The zero-order valence-corrected chi connectivity index (χ0v) is 15.9. The number of hydrogen-bond donors (Lipinski definition) is 2. The van der Waals surface area contributed by atoms with Crippen molar-refractivity contribution in [2.45, 2.75) is 46.6 Å². The van der Waals surface area contributed by atoms with Crippen molar-refractivity contribution < 1.29 is 0 Å². The Labute approximate surface area is 146 Å². The van der Waals surface area contributed by atoms with Crippen molar-refractivity contribution in [3.63, 3.8) is 0 Å². The van der Waals surface area contributed by atoms with Gasteiger partial charge in [0.15, 0.2) is 5.96 Å². The van der Waals surface area contributed by atoms with Crippen molar-refractivity contribution in [2.75, 3.05) is 13.1 Å². The van der Waals surface area contributed by atoms with Crippen LogP contribution in [0.4, 0.5) is 0 Å². The van der Waals surface area contributed by atoms with E-state index >= 15 is 0 Å². The van der Waals surface area contributed by atoms with Crippen LogP contribution in [0.25, 0.3) is 0 Å². The van der Waals surface area contributed by atoms with Crippen LogP contribution in [-0.4, -0.2) is 29.0 Å². The first-order chi connectivity index (χ1) is 11.1. The summed E-state index contributed by atoms with van der Waals surface area (Å²) < 4.78 is 0. The normalized spacial score (nSPS) is 12.0. The fourth-order valence-corrected chi connectivity index (χ4v) is 3.62. The number of hydrogen-bond acceptors (Lipinski definition) is 5. The van der Waals surface area contributed by atoms with Crippen LogP contribution in [0.15, 0.2) is 16.6 Å². The highest BCUT2D eigenvalue weighted by Gasteiger charge is 2.06. The van der Waals surface area contributed by atoms with Crippen LogP contribution >= 0.6 is 22.7 Å². The lowest BCUT2D eigenvalue weighted by Gasteiger charge is -2.10. The quantitative estimate of drug-likeness (QED) is 0.593. The van der Waals surface area contributed by atoms with Crippen LogP contribution in [0.2, 0.25) is 0 Å². The summed E-state index contributed by atoms with van der Waals surface area (Å²) >= 11 is 3.43. The van der Waals surface area contributed by atoms with Gasteiger partial charge in [-0.3, -0.25) is 0 Å². The fraction of sp³-hybridized carbons (Fsp3) is 0.562. The van der Waals surface area contributed by atoms with Crippen LogP contribution in [0.1, 0.15) is 47.3 Å². The number of rotatable bonds is 7. The summed E-state index contributed by atoms with van der Waals surface area (Å²) in [5, 5.41) is 11.0. The van der Waals surface area contributed by atoms with E-state index < -0.39 is 0 Å². The summed E-state index contributed by atoms with van der Waals surface area (Å²) in [6, 6.07) is 0. The number of thiazole rings is 2. The summed E-state index contributed by atoms with van der Waals surface area (Å²) in [5.74, 6) is 1.30. The van der Waals surface area contributed by atoms with Gasteiger partial charge in [-0.05, 0) is 19.8 Å². The van der Waals surface area contributed by atoms with Gasteiger partial charge in [-0.2, -0.15) is 0 Å². The van der Waals surface area contributed by atoms with Crippen molar-refractivity contribution in [1.29, 1.82) is 0 Å². The highest BCUT2D eigenvalue weighted by atomic mass is 32.1. The highest BCUT2D eigenvalue weighted by Crippen LogP contribution is 2.18. The Balaban J connectivity index is 1.85. The zero-order valence-electron chi connectivity index (χ0n) is 14.2. The van der Waals surface area contributed by atoms with Crippen molar-refractivity contribution in [3.05, 3.63) is 32.2 Å². The molecule has 126 valence electrons. The third-order valence-electron chi connectivity index (χ3n) is 3.18. The van der Waals surface area contributed by atoms with Crippen LogP contribution in [0.5, 0.6) is 0 Å². The first-order valence-electron chi connectivity index (χ1n) is 7.96. The van der Waals surface area contributed by atoms with E-state index in [1.165, 1.54) is 4.88 Å². The van der Waals surface area contributed by atoms with Crippen LogP contribution in [-0.2, 0) is 13.0 Å². The molecule has 2 aromatic rings. The highest BCUT2D eigenvalue weighted by molar-refractivity contribution is 7.11. The Hall–Kier alpha value is -1.47. The molecule has 0 fully saturated rings. The van der Waals surface area contributed by atoms with Gasteiger partial charge in [-0.1, -0.05) is 13.8 Å². The van der Waals surface area contributed by atoms with Gasteiger partial charge in [-0.15, -0.1) is 22.7 Å². The monoisotopic (exact) mass is 351 g/mol. The molecule has 0 aliphatic rings. The topological polar surface area (TPSA) is 62.2 Å². The van der Waals surface area contributed by atoms with Gasteiger partial charge < -0.3 is 10.6 Å². The van der Waals surface area contributed by atoms with Gasteiger partial charge in [0.1, 0.15) is 5.01 Å². The first kappa shape index (κ1) is 17.9. The number of nitrogens with zero attached hydrogens (tertiary/aromatic N) is 3. The van der Waals surface area contributed by atoms with E-state index in [9.17, 15) is 0 Å². The fourth-order valence-electron chi connectivity index (χ4n) is 1.96. The Morgan fingerprint density at radius 1 is 1.30 bits per heavy atom. The second-order valence-electron chi connectivity index (χ2n) is 5.56. The van der Waals surface area contributed by atoms with Gasteiger partial charge in [0.2, 0.25) is 0 Å². The molecule has 0 saturated heterocycles. The molecule has 5 nitrogen and oxygen atoms in total. The smallest absolute Gasteiger partial charge is 0.191 e. The van der Waals surface area contributed by atoms with Crippen molar-refractivity contribution in [3.8, 4) is 0 Å². The number of aromatic nitrogens is 2. The Kier molecular flexibility index (Phi) is 6.98. The molecule has 0 unspecified atom stereocenters. The van der Waals surface area contributed by atoms with E-state index in [2.05, 4.69) is 58.7 Å². The average Bonchev–Trinajstić information content (AvgIpc) is 3.14. The standard InChI is InChI=1S/C16H25N5S2/c1-5-17-16(18-7-6-14-19-8-12(4)23-14)20-9-15-21-13(10-22-15)11(2)3/h8,10-11H,5-7,9H2,1-4H3,(H2,17,18,20).